The van der Waals surface area contributed by atoms with Crippen LogP contribution in [0.3, 0.4) is 0 Å². The largest absolute Gasteiger partial charge is 0.397 e. The number of hydrogen-bond donors (Lipinski definition) is 1. The quantitative estimate of drug-likeness (QED) is 0.620. The van der Waals surface area contributed by atoms with Crippen LogP contribution in [0.1, 0.15) is 5.56 Å². The Morgan fingerprint density at radius 1 is 1.00 bits per heavy atom. The van der Waals surface area contributed by atoms with Gasteiger partial charge >= 0.3 is 0 Å². The average molecular weight is 230 g/mol. The van der Waals surface area contributed by atoms with E-state index in [0.29, 0.717) is 0 Å². The Labute approximate surface area is 95.6 Å². The first-order chi connectivity index (χ1) is 6.43. The van der Waals surface area contributed by atoms with Gasteiger partial charge in [0, 0.05) is 23.7 Å². The predicted molar refractivity (Wildman–Crippen MR) is 54.9 cm³/mol. The summed E-state index contributed by atoms with van der Waals surface area (Å²) in [4.78, 5) is 0. The summed E-state index contributed by atoms with van der Waals surface area (Å²) in [5, 5.41) is 8.44. The van der Waals surface area contributed by atoms with Crippen LogP contribution in [-0.2, 0) is 23.5 Å². The van der Waals surface area contributed by atoms with Crippen LogP contribution in [0, 0.1) is 0 Å². The fourth-order valence-corrected chi connectivity index (χ4v) is 1.03. The molecule has 0 amide bonds. The second kappa shape index (κ2) is 8.76. The molecule has 1 N–H and O–H groups in total. The van der Waals surface area contributed by atoms with E-state index in [4.69, 9.17) is 5.11 Å². The summed E-state index contributed by atoms with van der Waals surface area (Å²) < 4.78 is 0. The number of aliphatic hydroxyl groups excluding tert-OH is 1. The maximum Gasteiger partial charge on any atom is 0.0366 e. The summed E-state index contributed by atoms with van der Waals surface area (Å²) in [6.07, 6.45) is 0.785. The van der Waals surface area contributed by atoms with Crippen LogP contribution >= 0.6 is 0 Å². The van der Waals surface area contributed by atoms with Gasteiger partial charge in [-0.05, 0) is 0 Å². The van der Waals surface area contributed by atoms with Crippen molar-refractivity contribution in [2.24, 2.45) is 0 Å². The Morgan fingerprint density at radius 2 is 1.57 bits per heavy atom. The van der Waals surface area contributed by atoms with E-state index in [1.807, 2.05) is 54.6 Å². The predicted octanol–water partition coefficient (Wildman–Crippen LogP) is 2.34. The topological polar surface area (TPSA) is 20.2 Å². The van der Waals surface area contributed by atoms with Crippen molar-refractivity contribution in [3.63, 3.8) is 0 Å². The summed E-state index contributed by atoms with van der Waals surface area (Å²) >= 11 is 0. The van der Waals surface area contributed by atoms with E-state index >= 15 is 0 Å². The molecule has 1 nitrogen and oxygen atoms in total. The molecule has 0 aliphatic rings. The zero-order valence-electron chi connectivity index (χ0n) is 7.91. The molecule has 2 heteroatoms. The first-order valence-electron chi connectivity index (χ1n) is 4.41. The van der Waals surface area contributed by atoms with Crippen LogP contribution in [0.25, 0.3) is 0 Å². The third-order valence-electron chi connectivity index (χ3n) is 1.69. The van der Waals surface area contributed by atoms with E-state index < -0.39 is 0 Å². The Bertz CT molecular complexity index is 254. The molecule has 0 aliphatic heterocycles. The van der Waals surface area contributed by atoms with Gasteiger partial charge in [-0.1, -0.05) is 6.42 Å². The molecule has 0 saturated carbocycles. The van der Waals surface area contributed by atoms with Crippen molar-refractivity contribution in [1.82, 2.24) is 0 Å². The van der Waals surface area contributed by atoms with Crippen molar-refractivity contribution in [1.29, 1.82) is 0 Å². The second-order valence-electron chi connectivity index (χ2n) is 2.73. The smallest absolute Gasteiger partial charge is 0.0366 e. The first kappa shape index (κ1) is 13.2. The first-order valence-corrected chi connectivity index (χ1v) is 4.41. The maximum absolute atomic E-state index is 8.44. The summed E-state index contributed by atoms with van der Waals surface area (Å²) in [5.74, 6) is 0. The van der Waals surface area contributed by atoms with Gasteiger partial charge in [0.15, 0.2) is 0 Å². The number of hydrogen-bond acceptors (Lipinski definition) is 1. The van der Waals surface area contributed by atoms with Gasteiger partial charge in [0.2, 0.25) is 0 Å². The minimum Gasteiger partial charge on any atom is -0.397 e. The monoisotopic (exact) mass is 230 g/mol. The van der Waals surface area contributed by atoms with Crippen molar-refractivity contribution in [3.8, 4) is 0 Å². The fourth-order valence-electron chi connectivity index (χ4n) is 1.03. The van der Waals surface area contributed by atoms with Crippen LogP contribution in [-0.4, -0.2) is 11.7 Å². The van der Waals surface area contributed by atoms with Crippen molar-refractivity contribution in [3.05, 3.63) is 60.2 Å². The molecule has 0 saturated heterocycles. The zero-order valence-corrected chi connectivity index (χ0v) is 9.02. The molecule has 0 aromatic heterocycles. The Morgan fingerprint density at radius 3 is 1.93 bits per heavy atom. The summed E-state index contributed by atoms with van der Waals surface area (Å²) in [5.41, 5.74) is 1.22. The van der Waals surface area contributed by atoms with Crippen LogP contribution < -0.4 is 0 Å². The molecule has 78 valence electrons. The third-order valence-corrected chi connectivity index (χ3v) is 1.69. The van der Waals surface area contributed by atoms with Gasteiger partial charge < -0.3 is 5.11 Å². The van der Waals surface area contributed by atoms with Crippen LogP contribution in [0.5, 0.6) is 0 Å². The number of aliphatic hydroxyl groups is 1. The minimum atomic E-state index is 0. The summed E-state index contributed by atoms with van der Waals surface area (Å²) in [7, 11) is 0. The van der Waals surface area contributed by atoms with Crippen LogP contribution in [0.15, 0.2) is 54.6 Å². The summed E-state index contributed by atoms with van der Waals surface area (Å²) in [6.45, 7) is 0.254. The van der Waals surface area contributed by atoms with Gasteiger partial charge in [-0.2, -0.15) is 35.9 Å². The normalized spacial score (nSPS) is 8.36. The third kappa shape index (κ3) is 5.76. The van der Waals surface area contributed by atoms with Gasteiger partial charge in [-0.25, -0.2) is 24.3 Å². The van der Waals surface area contributed by atoms with E-state index in [1.54, 1.807) is 0 Å². The molecule has 0 atom stereocenters. The van der Waals surface area contributed by atoms with Gasteiger partial charge in [0.25, 0.3) is 0 Å². The Kier molecular flexibility index (Phi) is 8.25. The van der Waals surface area contributed by atoms with Crippen molar-refractivity contribution >= 4 is 0 Å². The fraction of sp³-hybridized carbons (Fsp3) is 0.167. The van der Waals surface area contributed by atoms with Gasteiger partial charge in [-0.3, -0.25) is 0 Å². The van der Waals surface area contributed by atoms with E-state index in [9.17, 15) is 0 Å². The molecule has 0 unspecified atom stereocenters. The molecule has 14 heavy (non-hydrogen) atoms. The standard InChI is InChI=1S/C7H9O.C5H5.Fe/c8-6-5-7-3-1-2-4-7;1-2-4-5-3-1;/h1-4,8H,5-6H2;1-5H;/q2*-1;. The average Bonchev–Trinajstić information content (AvgIpc) is 2.79. The van der Waals surface area contributed by atoms with Gasteiger partial charge in [-0.15, -0.1) is 0 Å². The molecule has 0 aliphatic carbocycles. The van der Waals surface area contributed by atoms with E-state index in [0.717, 1.165) is 6.42 Å². The molecule has 0 heterocycles. The second-order valence-corrected chi connectivity index (χ2v) is 2.73. The Balaban J connectivity index is 0.000000246. The summed E-state index contributed by atoms with van der Waals surface area (Å²) in [6, 6.07) is 18.0. The van der Waals surface area contributed by atoms with Crippen LogP contribution in [0.4, 0.5) is 0 Å². The molecule has 0 bridgehead atoms. The SMILES string of the molecule is OCC[c-]1cccc1.[Fe].c1cc[cH-]c1. The van der Waals surface area contributed by atoms with Crippen LogP contribution in [0.2, 0.25) is 0 Å². The minimum absolute atomic E-state index is 0. The number of rotatable bonds is 2. The molecule has 0 fully saturated rings. The van der Waals surface area contributed by atoms with Crippen molar-refractivity contribution < 1.29 is 22.2 Å². The molecular formula is C12H14FeO-2. The Hall–Kier alpha value is -0.821. The molecular weight excluding hydrogens is 216 g/mol. The molecule has 2 aromatic rings. The maximum atomic E-state index is 8.44. The van der Waals surface area contributed by atoms with E-state index in [2.05, 4.69) is 0 Å². The van der Waals surface area contributed by atoms with Crippen molar-refractivity contribution in [2.75, 3.05) is 6.61 Å². The van der Waals surface area contributed by atoms with Crippen molar-refractivity contribution in [2.45, 2.75) is 6.42 Å². The molecule has 0 radical (unpaired) electrons. The van der Waals surface area contributed by atoms with Gasteiger partial charge in [0.05, 0.1) is 0 Å². The van der Waals surface area contributed by atoms with Gasteiger partial charge in [0.1, 0.15) is 0 Å². The molecule has 0 spiro atoms. The molecule has 2 aromatic carbocycles. The van der Waals surface area contributed by atoms with E-state index in [-0.39, 0.29) is 23.7 Å². The molecule has 2 rings (SSSR count). The van der Waals surface area contributed by atoms with E-state index in [1.165, 1.54) is 5.56 Å². The zero-order chi connectivity index (χ0) is 9.36.